The van der Waals surface area contributed by atoms with Gasteiger partial charge in [-0.25, -0.2) is 9.97 Å². The van der Waals surface area contributed by atoms with E-state index in [-0.39, 0.29) is 0 Å². The number of likely N-dealkylation sites (N-methyl/N-ethyl adjacent to an activating group) is 1. The number of aryl methyl sites for hydroxylation is 3. The van der Waals surface area contributed by atoms with Crippen LogP contribution in [0.25, 0.3) is 0 Å². The number of nitrogens with zero attached hydrogens (tertiary/aromatic N) is 2. The van der Waals surface area contributed by atoms with E-state index >= 15 is 0 Å². The van der Waals surface area contributed by atoms with Crippen LogP contribution in [0.5, 0.6) is 0 Å². The molecule has 1 N–H and O–H groups in total. The third kappa shape index (κ3) is 4.43. The van der Waals surface area contributed by atoms with Gasteiger partial charge in [-0.2, -0.15) is 0 Å². The van der Waals surface area contributed by atoms with Crippen molar-refractivity contribution in [3.8, 4) is 0 Å². The second-order valence-corrected chi connectivity index (χ2v) is 4.50. The lowest BCUT2D eigenvalue weighted by atomic mass is 10.1. The average Bonchev–Trinajstić information content (AvgIpc) is 2.30. The predicted octanol–water partition coefficient (Wildman–Crippen LogP) is 2.59. The lowest BCUT2D eigenvalue weighted by Crippen LogP contribution is -2.18. The summed E-state index contributed by atoms with van der Waals surface area (Å²) in [6.07, 6.45) is 4.41. The van der Waals surface area contributed by atoms with Crippen molar-refractivity contribution in [2.75, 3.05) is 13.1 Å². The summed E-state index contributed by atoms with van der Waals surface area (Å²) in [6.45, 7) is 10.6. The first kappa shape index (κ1) is 14.1. The molecule has 1 aromatic heterocycles. The Morgan fingerprint density at radius 2 is 1.65 bits per heavy atom. The number of hydrogen-bond donors (Lipinski definition) is 1. The molecule has 1 heterocycles. The lowest BCUT2D eigenvalue weighted by molar-refractivity contribution is 0.697. The smallest absolute Gasteiger partial charge is 0.128 e. The van der Waals surface area contributed by atoms with Crippen LogP contribution in [-0.2, 0) is 12.8 Å². The SMILES string of the molecule is CCCCc1nc(C)c(CCNCC)c(C)n1. The molecule has 0 atom stereocenters. The molecular formula is C14H25N3. The van der Waals surface area contributed by atoms with Gasteiger partial charge in [-0.05, 0) is 45.3 Å². The molecule has 0 amide bonds. The minimum atomic E-state index is 1.01. The Morgan fingerprint density at radius 3 is 2.18 bits per heavy atom. The van der Waals surface area contributed by atoms with Gasteiger partial charge in [0.2, 0.25) is 0 Å². The fourth-order valence-electron chi connectivity index (χ4n) is 2.01. The maximum Gasteiger partial charge on any atom is 0.128 e. The molecule has 1 aromatic rings. The van der Waals surface area contributed by atoms with Crippen LogP contribution in [0.1, 0.15) is 49.5 Å². The van der Waals surface area contributed by atoms with E-state index in [2.05, 4.69) is 43.0 Å². The summed E-state index contributed by atoms with van der Waals surface area (Å²) in [5.74, 6) is 1.01. The fraction of sp³-hybridized carbons (Fsp3) is 0.714. The van der Waals surface area contributed by atoms with Crippen LogP contribution in [0, 0.1) is 13.8 Å². The van der Waals surface area contributed by atoms with Crippen LogP contribution >= 0.6 is 0 Å². The van der Waals surface area contributed by atoms with Gasteiger partial charge in [-0.15, -0.1) is 0 Å². The molecule has 17 heavy (non-hydrogen) atoms. The molecule has 3 heteroatoms. The van der Waals surface area contributed by atoms with Gasteiger partial charge in [0.25, 0.3) is 0 Å². The van der Waals surface area contributed by atoms with Crippen LogP contribution in [0.4, 0.5) is 0 Å². The summed E-state index contributed by atoms with van der Waals surface area (Å²) >= 11 is 0. The molecular weight excluding hydrogens is 210 g/mol. The van der Waals surface area contributed by atoms with Gasteiger partial charge in [0.05, 0.1) is 0 Å². The monoisotopic (exact) mass is 235 g/mol. The van der Waals surface area contributed by atoms with Crippen LogP contribution in [0.15, 0.2) is 0 Å². The van der Waals surface area contributed by atoms with Crippen molar-refractivity contribution < 1.29 is 0 Å². The highest BCUT2D eigenvalue weighted by molar-refractivity contribution is 5.24. The topological polar surface area (TPSA) is 37.8 Å². The van der Waals surface area contributed by atoms with Crippen molar-refractivity contribution >= 4 is 0 Å². The van der Waals surface area contributed by atoms with Crippen molar-refractivity contribution in [2.45, 2.75) is 53.4 Å². The number of rotatable bonds is 7. The molecule has 0 aliphatic carbocycles. The largest absolute Gasteiger partial charge is 0.317 e. The van der Waals surface area contributed by atoms with E-state index in [4.69, 9.17) is 0 Å². The van der Waals surface area contributed by atoms with Gasteiger partial charge < -0.3 is 5.32 Å². The van der Waals surface area contributed by atoms with Crippen LogP contribution in [0.2, 0.25) is 0 Å². The first-order chi connectivity index (χ1) is 8.19. The number of aromatic nitrogens is 2. The molecule has 1 rings (SSSR count). The zero-order valence-electron chi connectivity index (χ0n) is 11.6. The van der Waals surface area contributed by atoms with Crippen molar-refractivity contribution in [2.24, 2.45) is 0 Å². The predicted molar refractivity (Wildman–Crippen MR) is 72.4 cm³/mol. The maximum atomic E-state index is 4.61. The third-order valence-corrected chi connectivity index (χ3v) is 3.02. The zero-order valence-corrected chi connectivity index (χ0v) is 11.6. The number of hydrogen-bond acceptors (Lipinski definition) is 3. The van der Waals surface area contributed by atoms with E-state index in [0.29, 0.717) is 0 Å². The Balaban J connectivity index is 2.72. The molecule has 3 nitrogen and oxygen atoms in total. The van der Waals surface area contributed by atoms with Gasteiger partial charge >= 0.3 is 0 Å². The van der Waals surface area contributed by atoms with Crippen LogP contribution in [-0.4, -0.2) is 23.1 Å². The van der Waals surface area contributed by atoms with E-state index in [9.17, 15) is 0 Å². The normalized spacial score (nSPS) is 10.8. The van der Waals surface area contributed by atoms with Crippen LogP contribution < -0.4 is 5.32 Å². The Hall–Kier alpha value is -0.960. The minimum absolute atomic E-state index is 1.01. The first-order valence-electron chi connectivity index (χ1n) is 6.72. The van der Waals surface area contributed by atoms with Gasteiger partial charge in [-0.1, -0.05) is 20.3 Å². The van der Waals surface area contributed by atoms with Gasteiger partial charge in [0.1, 0.15) is 5.82 Å². The molecule has 0 saturated heterocycles. The van der Waals surface area contributed by atoms with Crippen LogP contribution in [0.3, 0.4) is 0 Å². The quantitative estimate of drug-likeness (QED) is 0.738. The molecule has 0 unspecified atom stereocenters. The van der Waals surface area contributed by atoms with E-state index < -0.39 is 0 Å². The maximum absolute atomic E-state index is 4.61. The molecule has 0 radical (unpaired) electrons. The van der Waals surface area contributed by atoms with Gasteiger partial charge in [0, 0.05) is 17.8 Å². The summed E-state index contributed by atoms with van der Waals surface area (Å²) in [5.41, 5.74) is 3.62. The highest BCUT2D eigenvalue weighted by atomic mass is 14.9. The van der Waals surface area contributed by atoms with E-state index in [1.807, 2.05) is 0 Å². The standard InChI is InChI=1S/C14H25N3/c1-5-7-8-14-16-11(3)13(12(4)17-14)9-10-15-6-2/h15H,5-10H2,1-4H3. The van der Waals surface area contributed by atoms with E-state index in [0.717, 1.165) is 43.1 Å². The summed E-state index contributed by atoms with van der Waals surface area (Å²) in [7, 11) is 0. The van der Waals surface area contributed by atoms with Crippen molar-refractivity contribution in [1.82, 2.24) is 15.3 Å². The second kappa shape index (κ2) is 7.38. The number of unbranched alkanes of at least 4 members (excludes halogenated alkanes) is 1. The van der Waals surface area contributed by atoms with E-state index in [1.165, 1.54) is 18.4 Å². The summed E-state index contributed by atoms with van der Waals surface area (Å²) in [4.78, 5) is 9.22. The first-order valence-corrected chi connectivity index (χ1v) is 6.72. The van der Waals surface area contributed by atoms with Gasteiger partial charge in [0.15, 0.2) is 0 Å². The summed E-state index contributed by atoms with van der Waals surface area (Å²) in [6, 6.07) is 0. The second-order valence-electron chi connectivity index (χ2n) is 4.50. The van der Waals surface area contributed by atoms with Crippen molar-refractivity contribution in [3.63, 3.8) is 0 Å². The minimum Gasteiger partial charge on any atom is -0.317 e. The molecule has 0 aliphatic rings. The highest BCUT2D eigenvalue weighted by Gasteiger charge is 2.07. The Kier molecular flexibility index (Phi) is 6.12. The van der Waals surface area contributed by atoms with Gasteiger partial charge in [-0.3, -0.25) is 0 Å². The average molecular weight is 235 g/mol. The lowest BCUT2D eigenvalue weighted by Gasteiger charge is -2.11. The Labute approximate surface area is 105 Å². The molecule has 96 valence electrons. The highest BCUT2D eigenvalue weighted by Crippen LogP contribution is 2.12. The zero-order chi connectivity index (χ0) is 12.7. The molecule has 0 aliphatic heterocycles. The summed E-state index contributed by atoms with van der Waals surface area (Å²) in [5, 5.41) is 3.34. The fourth-order valence-corrected chi connectivity index (χ4v) is 2.01. The molecule has 0 spiro atoms. The molecule has 0 fully saturated rings. The molecule has 0 aromatic carbocycles. The van der Waals surface area contributed by atoms with E-state index in [1.54, 1.807) is 0 Å². The Morgan fingerprint density at radius 1 is 1.00 bits per heavy atom. The molecule has 0 saturated carbocycles. The van der Waals surface area contributed by atoms with Crippen molar-refractivity contribution in [3.05, 3.63) is 22.8 Å². The summed E-state index contributed by atoms with van der Waals surface area (Å²) < 4.78 is 0. The van der Waals surface area contributed by atoms with Crippen molar-refractivity contribution in [1.29, 1.82) is 0 Å². The Bertz CT molecular complexity index is 324. The number of nitrogens with one attached hydrogen (secondary N) is 1. The third-order valence-electron chi connectivity index (χ3n) is 3.02. The molecule has 0 bridgehead atoms.